The van der Waals surface area contributed by atoms with E-state index in [1.54, 1.807) is 7.11 Å². The van der Waals surface area contributed by atoms with Crippen LogP contribution in [-0.4, -0.2) is 50.1 Å². The van der Waals surface area contributed by atoms with Gasteiger partial charge in [0.05, 0.1) is 26.2 Å². The van der Waals surface area contributed by atoms with Crippen molar-refractivity contribution in [2.45, 2.75) is 26.3 Å². The lowest BCUT2D eigenvalue weighted by Gasteiger charge is -2.30. The smallest absolute Gasteiger partial charge is 0.310 e. The van der Waals surface area contributed by atoms with E-state index in [1.807, 2.05) is 36.1 Å². The van der Waals surface area contributed by atoms with Gasteiger partial charge < -0.3 is 14.8 Å². The largest absolute Gasteiger partial charge is 0.497 e. The Morgan fingerprint density at radius 1 is 1.29 bits per heavy atom. The molecule has 0 bridgehead atoms. The summed E-state index contributed by atoms with van der Waals surface area (Å²) in [5.74, 6) is 0.493. The predicted octanol–water partition coefficient (Wildman–Crippen LogP) is 1.59. The number of nitrogens with one attached hydrogen (secondary N) is 1. The van der Waals surface area contributed by atoms with E-state index in [0.717, 1.165) is 30.7 Å². The van der Waals surface area contributed by atoms with Crippen molar-refractivity contribution in [3.63, 3.8) is 0 Å². The third-order valence-electron chi connectivity index (χ3n) is 4.14. The molecule has 0 spiro atoms. The number of carbonyl (C=O) groups is 2. The third kappa shape index (κ3) is 5.53. The summed E-state index contributed by atoms with van der Waals surface area (Å²) in [6.45, 7) is 4.44. The molecule has 1 saturated heterocycles. The fourth-order valence-electron chi connectivity index (χ4n) is 2.85. The van der Waals surface area contributed by atoms with Crippen molar-refractivity contribution in [2.24, 2.45) is 5.92 Å². The first kappa shape index (κ1) is 18.3. The van der Waals surface area contributed by atoms with E-state index in [1.165, 1.54) is 0 Å². The molecule has 0 aliphatic carbocycles. The number of esters is 1. The van der Waals surface area contributed by atoms with Crippen LogP contribution in [0.1, 0.15) is 25.3 Å². The molecular weight excluding hydrogens is 308 g/mol. The van der Waals surface area contributed by atoms with Crippen molar-refractivity contribution in [1.29, 1.82) is 0 Å². The topological polar surface area (TPSA) is 67.9 Å². The number of piperidine rings is 1. The van der Waals surface area contributed by atoms with Crippen LogP contribution in [0.2, 0.25) is 0 Å². The van der Waals surface area contributed by atoms with E-state index < -0.39 is 0 Å². The van der Waals surface area contributed by atoms with Crippen molar-refractivity contribution < 1.29 is 19.1 Å². The van der Waals surface area contributed by atoms with Crippen molar-refractivity contribution in [3.8, 4) is 5.75 Å². The Morgan fingerprint density at radius 3 is 2.71 bits per heavy atom. The van der Waals surface area contributed by atoms with Crippen molar-refractivity contribution >= 4 is 11.9 Å². The summed E-state index contributed by atoms with van der Waals surface area (Å²) in [7, 11) is 1.62. The lowest BCUT2D eigenvalue weighted by Crippen LogP contribution is -2.44. The Hall–Kier alpha value is -2.08. The Balaban J connectivity index is 1.75. The fraction of sp³-hybridized carbons (Fsp3) is 0.556. The first-order valence-corrected chi connectivity index (χ1v) is 8.41. The van der Waals surface area contributed by atoms with Gasteiger partial charge in [-0.25, -0.2) is 0 Å². The molecule has 2 rings (SSSR count). The molecule has 132 valence electrons. The Morgan fingerprint density at radius 2 is 2.04 bits per heavy atom. The minimum atomic E-state index is -0.152. The zero-order valence-electron chi connectivity index (χ0n) is 14.4. The quantitative estimate of drug-likeness (QED) is 0.767. The second-order valence-electron chi connectivity index (χ2n) is 5.95. The maximum absolute atomic E-state index is 12.1. The summed E-state index contributed by atoms with van der Waals surface area (Å²) in [6.07, 6.45) is 1.75. The van der Waals surface area contributed by atoms with E-state index in [9.17, 15) is 9.59 Å². The highest BCUT2D eigenvalue weighted by Crippen LogP contribution is 2.17. The van der Waals surface area contributed by atoms with Gasteiger partial charge in [0.2, 0.25) is 5.91 Å². The van der Waals surface area contributed by atoms with Gasteiger partial charge in [-0.05, 0) is 44.0 Å². The van der Waals surface area contributed by atoms with Gasteiger partial charge in [-0.15, -0.1) is 0 Å². The number of carbonyl (C=O) groups excluding carboxylic acids is 2. The molecule has 1 amide bonds. The molecule has 1 aromatic rings. The van der Waals surface area contributed by atoms with Crippen LogP contribution in [-0.2, 0) is 20.9 Å². The van der Waals surface area contributed by atoms with Gasteiger partial charge in [-0.3, -0.25) is 14.5 Å². The summed E-state index contributed by atoms with van der Waals surface area (Å²) in [4.78, 5) is 26.0. The minimum Gasteiger partial charge on any atom is -0.497 e. The second kappa shape index (κ2) is 9.27. The Kier molecular flexibility index (Phi) is 7.06. The van der Waals surface area contributed by atoms with E-state index in [-0.39, 0.29) is 17.8 Å². The molecule has 1 aromatic carbocycles. The Labute approximate surface area is 143 Å². The molecule has 1 atom stereocenters. The molecule has 1 aliphatic rings. The van der Waals surface area contributed by atoms with E-state index in [4.69, 9.17) is 9.47 Å². The second-order valence-corrected chi connectivity index (χ2v) is 5.95. The number of likely N-dealkylation sites (tertiary alicyclic amines) is 1. The molecule has 24 heavy (non-hydrogen) atoms. The fourth-order valence-corrected chi connectivity index (χ4v) is 2.85. The molecule has 6 nitrogen and oxygen atoms in total. The zero-order valence-corrected chi connectivity index (χ0v) is 14.4. The van der Waals surface area contributed by atoms with Gasteiger partial charge >= 0.3 is 5.97 Å². The van der Waals surface area contributed by atoms with Gasteiger partial charge in [-0.1, -0.05) is 12.1 Å². The SMILES string of the molecule is CCOC(=O)C1CCCN(CC(=O)NCc2ccc(OC)cc2)C1. The molecule has 1 unspecified atom stereocenters. The zero-order chi connectivity index (χ0) is 17.4. The molecule has 1 fully saturated rings. The van der Waals surface area contributed by atoms with Gasteiger partial charge in [-0.2, -0.15) is 0 Å². The van der Waals surface area contributed by atoms with Crippen LogP contribution in [0.3, 0.4) is 0 Å². The summed E-state index contributed by atoms with van der Waals surface area (Å²) in [6, 6.07) is 7.60. The van der Waals surface area contributed by atoms with Crippen molar-refractivity contribution in [3.05, 3.63) is 29.8 Å². The van der Waals surface area contributed by atoms with Crippen LogP contribution in [0.25, 0.3) is 0 Å². The number of hydrogen-bond acceptors (Lipinski definition) is 5. The average Bonchev–Trinajstić information content (AvgIpc) is 2.61. The number of ether oxygens (including phenoxy) is 2. The van der Waals surface area contributed by atoms with Gasteiger partial charge in [0, 0.05) is 13.1 Å². The molecule has 0 saturated carbocycles. The highest BCUT2D eigenvalue weighted by Gasteiger charge is 2.27. The van der Waals surface area contributed by atoms with Crippen LogP contribution in [0.5, 0.6) is 5.75 Å². The number of amides is 1. The van der Waals surface area contributed by atoms with Gasteiger partial charge in [0.1, 0.15) is 5.75 Å². The maximum Gasteiger partial charge on any atom is 0.310 e. The standard InChI is InChI=1S/C18H26N2O4/c1-3-24-18(22)15-5-4-10-20(12-15)13-17(21)19-11-14-6-8-16(23-2)9-7-14/h6-9,15H,3-5,10-13H2,1-2H3,(H,19,21). The number of hydrogen-bond donors (Lipinski definition) is 1. The molecule has 1 N–H and O–H groups in total. The summed E-state index contributed by atoms with van der Waals surface area (Å²) < 4.78 is 10.2. The van der Waals surface area contributed by atoms with Gasteiger partial charge in [0.15, 0.2) is 0 Å². The van der Waals surface area contributed by atoms with Crippen LogP contribution in [0.15, 0.2) is 24.3 Å². The number of rotatable bonds is 7. The monoisotopic (exact) mass is 334 g/mol. The first-order chi connectivity index (χ1) is 11.6. The van der Waals surface area contributed by atoms with Crippen LogP contribution in [0, 0.1) is 5.92 Å². The van der Waals surface area contributed by atoms with Gasteiger partial charge in [0.25, 0.3) is 0 Å². The average molecular weight is 334 g/mol. The summed E-state index contributed by atoms with van der Waals surface area (Å²) in [5.41, 5.74) is 1.02. The van der Waals surface area contributed by atoms with Crippen LogP contribution >= 0.6 is 0 Å². The molecule has 1 aliphatic heterocycles. The van der Waals surface area contributed by atoms with E-state index in [0.29, 0.717) is 26.2 Å². The summed E-state index contributed by atoms with van der Waals surface area (Å²) >= 11 is 0. The maximum atomic E-state index is 12.1. The highest BCUT2D eigenvalue weighted by atomic mass is 16.5. The van der Waals surface area contributed by atoms with Crippen molar-refractivity contribution in [2.75, 3.05) is 33.4 Å². The molecular formula is C18H26N2O4. The third-order valence-corrected chi connectivity index (χ3v) is 4.14. The normalized spacial score (nSPS) is 18.0. The molecule has 6 heteroatoms. The predicted molar refractivity (Wildman–Crippen MR) is 90.6 cm³/mol. The first-order valence-electron chi connectivity index (χ1n) is 8.41. The van der Waals surface area contributed by atoms with E-state index >= 15 is 0 Å². The van der Waals surface area contributed by atoms with E-state index in [2.05, 4.69) is 5.32 Å². The molecule has 1 heterocycles. The number of benzene rings is 1. The lowest BCUT2D eigenvalue weighted by molar-refractivity contribution is -0.150. The molecule has 0 radical (unpaired) electrons. The highest BCUT2D eigenvalue weighted by molar-refractivity contribution is 5.78. The number of methoxy groups -OCH3 is 1. The molecule has 0 aromatic heterocycles. The minimum absolute atomic E-state index is 0.0321. The van der Waals surface area contributed by atoms with Crippen molar-refractivity contribution in [1.82, 2.24) is 10.2 Å². The van der Waals surface area contributed by atoms with Crippen LogP contribution < -0.4 is 10.1 Å². The Bertz CT molecular complexity index is 544. The van der Waals surface area contributed by atoms with Crippen LogP contribution in [0.4, 0.5) is 0 Å². The number of nitrogens with zero attached hydrogens (tertiary/aromatic N) is 1. The lowest BCUT2D eigenvalue weighted by atomic mass is 9.98. The summed E-state index contributed by atoms with van der Waals surface area (Å²) in [5, 5.41) is 2.92.